The first-order chi connectivity index (χ1) is 8.18. The molecule has 0 N–H and O–H groups in total. The maximum atomic E-state index is 12.3. The van der Waals surface area contributed by atoms with E-state index in [1.54, 1.807) is 4.90 Å². The predicted octanol–water partition coefficient (Wildman–Crippen LogP) is 1.85. The van der Waals surface area contributed by atoms with E-state index in [1.165, 1.54) is 11.8 Å². The van der Waals surface area contributed by atoms with E-state index in [1.807, 2.05) is 31.2 Å². The van der Waals surface area contributed by atoms with Crippen LogP contribution < -0.4 is 4.90 Å². The third-order valence-corrected chi connectivity index (χ3v) is 4.61. The van der Waals surface area contributed by atoms with Gasteiger partial charge in [0, 0.05) is 23.8 Å². The van der Waals surface area contributed by atoms with Crippen LogP contribution in [0.2, 0.25) is 0 Å². The van der Waals surface area contributed by atoms with Crippen molar-refractivity contribution in [3.63, 3.8) is 0 Å². The molecule has 1 aromatic rings. The smallest absolute Gasteiger partial charge is 0.231 e. The zero-order valence-corrected chi connectivity index (χ0v) is 10.4. The van der Waals surface area contributed by atoms with Crippen LogP contribution in [0.1, 0.15) is 12.5 Å². The summed E-state index contributed by atoms with van der Waals surface area (Å²) in [4.78, 5) is 26.0. The third kappa shape index (κ3) is 1.59. The maximum absolute atomic E-state index is 12.3. The van der Waals surface area contributed by atoms with E-state index in [-0.39, 0.29) is 23.0 Å². The van der Waals surface area contributed by atoms with Crippen LogP contribution in [-0.2, 0) is 16.0 Å². The van der Waals surface area contributed by atoms with Crippen LogP contribution >= 0.6 is 11.8 Å². The minimum absolute atomic E-state index is 0.0818. The van der Waals surface area contributed by atoms with E-state index in [0.717, 1.165) is 11.3 Å². The van der Waals surface area contributed by atoms with Gasteiger partial charge in [0.05, 0.1) is 0 Å². The molecular weight excluding hydrogens is 234 g/mol. The number of benzene rings is 1. The van der Waals surface area contributed by atoms with Crippen LogP contribution in [-0.4, -0.2) is 22.8 Å². The van der Waals surface area contributed by atoms with E-state index in [4.69, 9.17) is 0 Å². The highest BCUT2D eigenvalue weighted by Crippen LogP contribution is 2.37. The van der Waals surface area contributed by atoms with Crippen molar-refractivity contribution in [2.45, 2.75) is 19.4 Å². The van der Waals surface area contributed by atoms with Gasteiger partial charge < -0.3 is 4.90 Å². The Morgan fingerprint density at radius 2 is 2.06 bits per heavy atom. The first-order valence-corrected chi connectivity index (χ1v) is 6.74. The van der Waals surface area contributed by atoms with E-state index in [2.05, 4.69) is 0 Å². The molecule has 1 saturated heterocycles. The number of rotatable bonds is 0. The van der Waals surface area contributed by atoms with Gasteiger partial charge in [0.2, 0.25) is 11.0 Å². The van der Waals surface area contributed by atoms with E-state index in [0.29, 0.717) is 12.2 Å². The van der Waals surface area contributed by atoms with Crippen molar-refractivity contribution < 1.29 is 9.59 Å². The number of carbonyl (C=O) groups excluding carboxylic acids is 2. The number of hydrogen-bond acceptors (Lipinski definition) is 3. The molecule has 1 fully saturated rings. The van der Waals surface area contributed by atoms with Crippen LogP contribution in [0, 0.1) is 5.92 Å². The van der Waals surface area contributed by atoms with Gasteiger partial charge in [-0.25, -0.2) is 0 Å². The Bertz CT molecular complexity index is 500. The van der Waals surface area contributed by atoms with Crippen molar-refractivity contribution in [3.05, 3.63) is 29.8 Å². The van der Waals surface area contributed by atoms with Gasteiger partial charge in [-0.3, -0.25) is 9.59 Å². The van der Waals surface area contributed by atoms with Crippen molar-refractivity contribution in [3.8, 4) is 0 Å². The highest BCUT2D eigenvalue weighted by Gasteiger charge is 2.42. The van der Waals surface area contributed by atoms with E-state index >= 15 is 0 Å². The first-order valence-electron chi connectivity index (χ1n) is 5.76. The second-order valence-corrected chi connectivity index (χ2v) is 5.61. The van der Waals surface area contributed by atoms with Crippen molar-refractivity contribution in [2.75, 3.05) is 10.7 Å². The van der Waals surface area contributed by atoms with Crippen LogP contribution in [0.4, 0.5) is 5.69 Å². The quantitative estimate of drug-likeness (QED) is 0.702. The van der Waals surface area contributed by atoms with Gasteiger partial charge in [0.25, 0.3) is 0 Å². The Hall–Kier alpha value is -1.29. The van der Waals surface area contributed by atoms with Gasteiger partial charge in [-0.1, -0.05) is 36.9 Å². The van der Waals surface area contributed by atoms with Crippen molar-refractivity contribution in [2.24, 2.45) is 5.92 Å². The number of thioether (sulfide) groups is 1. The summed E-state index contributed by atoms with van der Waals surface area (Å²) in [5, 5.41) is 0.124. The first kappa shape index (κ1) is 10.8. The highest BCUT2D eigenvalue weighted by atomic mass is 32.2. The molecule has 1 amide bonds. The number of nitrogens with zero attached hydrogens (tertiary/aromatic N) is 1. The number of hydrogen-bond donors (Lipinski definition) is 0. The molecule has 2 atom stereocenters. The number of carbonyl (C=O) groups is 2. The van der Waals surface area contributed by atoms with Gasteiger partial charge in [-0.05, 0) is 11.6 Å². The molecule has 0 aliphatic carbocycles. The number of anilines is 1. The lowest BCUT2D eigenvalue weighted by molar-refractivity contribution is -0.123. The van der Waals surface area contributed by atoms with Gasteiger partial charge in [-0.15, -0.1) is 0 Å². The molecule has 0 saturated carbocycles. The predicted molar refractivity (Wildman–Crippen MR) is 68.0 cm³/mol. The summed E-state index contributed by atoms with van der Waals surface area (Å²) < 4.78 is 0. The maximum Gasteiger partial charge on any atom is 0.231 e. The van der Waals surface area contributed by atoms with Gasteiger partial charge in [0.15, 0.2) is 0 Å². The largest absolute Gasteiger partial charge is 0.300 e. The lowest BCUT2D eigenvalue weighted by atomic mass is 10.1. The van der Waals surface area contributed by atoms with Crippen molar-refractivity contribution in [1.82, 2.24) is 0 Å². The summed E-state index contributed by atoms with van der Waals surface area (Å²) in [6, 6.07) is 7.52. The molecule has 0 spiro atoms. The fourth-order valence-electron chi connectivity index (χ4n) is 2.46. The Balaban J connectivity index is 2.09. The number of amides is 1. The molecule has 1 aromatic carbocycles. The van der Waals surface area contributed by atoms with Gasteiger partial charge >= 0.3 is 0 Å². The molecule has 0 bridgehead atoms. The second kappa shape index (κ2) is 3.88. The standard InChI is InChI=1S/C13H13NO2S/c1-8-7-17-13(16)11-6-9-4-2-3-5-10(9)14(11)12(8)15/h2-5,8,11H,6-7H2,1H3/t8-,11+/m1/s1. The molecule has 0 aromatic heterocycles. The zero-order valence-electron chi connectivity index (χ0n) is 9.55. The third-order valence-electron chi connectivity index (χ3n) is 3.38. The lowest BCUT2D eigenvalue weighted by Crippen LogP contribution is -2.42. The Labute approximate surface area is 104 Å². The molecule has 3 rings (SSSR count). The van der Waals surface area contributed by atoms with Crippen LogP contribution in [0.3, 0.4) is 0 Å². The summed E-state index contributed by atoms with van der Waals surface area (Å²) in [5.41, 5.74) is 2.03. The summed E-state index contributed by atoms with van der Waals surface area (Å²) in [6.45, 7) is 1.89. The fraction of sp³-hybridized carbons (Fsp3) is 0.385. The molecular formula is C13H13NO2S. The Kier molecular flexibility index (Phi) is 2.47. The molecule has 3 nitrogen and oxygen atoms in total. The Morgan fingerprint density at radius 3 is 2.88 bits per heavy atom. The summed E-state index contributed by atoms with van der Waals surface area (Å²) >= 11 is 1.30. The SMILES string of the molecule is C[C@@H]1CSC(=O)[C@@H]2Cc3ccccc3N2C1=O. The number of fused-ring (bicyclic) bond motifs is 3. The average Bonchev–Trinajstić information content (AvgIpc) is 2.69. The van der Waals surface area contributed by atoms with Gasteiger partial charge in [0.1, 0.15) is 6.04 Å². The molecule has 0 unspecified atom stereocenters. The molecule has 2 aliphatic rings. The van der Waals surface area contributed by atoms with Crippen LogP contribution in [0.5, 0.6) is 0 Å². The lowest BCUT2D eigenvalue weighted by Gasteiger charge is -2.23. The van der Waals surface area contributed by atoms with Gasteiger partial charge in [-0.2, -0.15) is 0 Å². The molecule has 4 heteroatoms. The number of para-hydroxylation sites is 1. The molecule has 2 aliphatic heterocycles. The topological polar surface area (TPSA) is 37.4 Å². The minimum atomic E-state index is -0.283. The fourth-order valence-corrected chi connectivity index (χ4v) is 3.40. The van der Waals surface area contributed by atoms with Crippen LogP contribution in [0.15, 0.2) is 24.3 Å². The minimum Gasteiger partial charge on any atom is -0.300 e. The summed E-state index contributed by atoms with van der Waals surface area (Å²) in [6.07, 6.45) is 0.667. The summed E-state index contributed by atoms with van der Waals surface area (Å²) in [7, 11) is 0. The van der Waals surface area contributed by atoms with E-state index in [9.17, 15) is 9.59 Å². The molecule has 88 valence electrons. The second-order valence-electron chi connectivity index (χ2n) is 4.59. The van der Waals surface area contributed by atoms with Crippen molar-refractivity contribution >= 4 is 28.5 Å². The summed E-state index contributed by atoms with van der Waals surface area (Å²) in [5.74, 6) is 0.603. The van der Waals surface area contributed by atoms with Crippen molar-refractivity contribution in [1.29, 1.82) is 0 Å². The van der Waals surface area contributed by atoms with E-state index < -0.39 is 0 Å². The zero-order chi connectivity index (χ0) is 12.0. The monoisotopic (exact) mass is 247 g/mol. The van der Waals surface area contributed by atoms with Crippen LogP contribution in [0.25, 0.3) is 0 Å². The average molecular weight is 247 g/mol. The Morgan fingerprint density at radius 1 is 1.29 bits per heavy atom. The normalized spacial score (nSPS) is 27.7. The molecule has 0 radical (unpaired) electrons. The molecule has 2 heterocycles. The molecule has 17 heavy (non-hydrogen) atoms. The highest BCUT2D eigenvalue weighted by molar-refractivity contribution is 8.13.